The summed E-state index contributed by atoms with van der Waals surface area (Å²) in [5.41, 5.74) is 21.7. The van der Waals surface area contributed by atoms with Gasteiger partial charge in [0.2, 0.25) is 23.6 Å². The zero-order chi connectivity index (χ0) is 26.5. The Morgan fingerprint density at radius 2 is 1.74 bits per heavy atom. The predicted molar refractivity (Wildman–Crippen MR) is 131 cm³/mol. The monoisotopic (exact) mass is 516 g/mol. The summed E-state index contributed by atoms with van der Waals surface area (Å²) in [7, 11) is 0. The van der Waals surface area contributed by atoms with Gasteiger partial charge in [-0.15, -0.1) is 0 Å². The SMILES string of the molecule is CSCCC(N)C(=O)NC(CC(N)=O)C(=O)NC(CCCN=C(N)N)C(=O)N1CCCC1C(=O)O. The van der Waals surface area contributed by atoms with E-state index in [2.05, 4.69) is 15.6 Å². The molecule has 1 fully saturated rings. The van der Waals surface area contributed by atoms with Crippen molar-refractivity contribution in [2.24, 2.45) is 27.9 Å². The average molecular weight is 517 g/mol. The first kappa shape index (κ1) is 30.0. The molecular weight excluding hydrogens is 480 g/mol. The van der Waals surface area contributed by atoms with Crippen molar-refractivity contribution in [1.82, 2.24) is 15.5 Å². The molecule has 11 N–H and O–H groups in total. The third kappa shape index (κ3) is 10.4. The first-order valence-electron chi connectivity index (χ1n) is 11.2. The van der Waals surface area contributed by atoms with E-state index in [9.17, 15) is 29.1 Å². The van der Waals surface area contributed by atoms with Crippen LogP contribution in [0.25, 0.3) is 0 Å². The van der Waals surface area contributed by atoms with Gasteiger partial charge in [0, 0.05) is 13.1 Å². The van der Waals surface area contributed by atoms with Gasteiger partial charge in [-0.25, -0.2) is 4.79 Å². The molecule has 14 nitrogen and oxygen atoms in total. The Labute approximate surface area is 208 Å². The molecule has 0 radical (unpaired) electrons. The lowest BCUT2D eigenvalue weighted by atomic mass is 10.1. The van der Waals surface area contributed by atoms with Gasteiger partial charge in [0.15, 0.2) is 5.96 Å². The highest BCUT2D eigenvalue weighted by Gasteiger charge is 2.38. The molecule has 1 saturated heterocycles. The van der Waals surface area contributed by atoms with Crippen LogP contribution in [0.1, 0.15) is 38.5 Å². The van der Waals surface area contributed by atoms with Crippen molar-refractivity contribution < 1.29 is 29.1 Å². The van der Waals surface area contributed by atoms with E-state index in [-0.39, 0.29) is 25.5 Å². The van der Waals surface area contributed by atoms with Gasteiger partial charge in [-0.3, -0.25) is 24.2 Å². The largest absolute Gasteiger partial charge is 0.480 e. The summed E-state index contributed by atoms with van der Waals surface area (Å²) in [4.78, 5) is 66.7. The Balaban J connectivity index is 3.02. The fourth-order valence-electron chi connectivity index (χ4n) is 3.59. The molecule has 0 bridgehead atoms. The number of carbonyl (C=O) groups is 5. The highest BCUT2D eigenvalue weighted by atomic mass is 32.2. The molecule has 1 rings (SSSR count). The molecular formula is C20H36N8O6S. The maximum absolute atomic E-state index is 13.2. The lowest BCUT2D eigenvalue weighted by Gasteiger charge is -2.28. The molecule has 15 heteroatoms. The van der Waals surface area contributed by atoms with Crippen LogP contribution >= 0.6 is 11.8 Å². The smallest absolute Gasteiger partial charge is 0.326 e. The summed E-state index contributed by atoms with van der Waals surface area (Å²) in [6, 6.07) is -4.39. The Morgan fingerprint density at radius 1 is 1.09 bits per heavy atom. The number of nitrogens with two attached hydrogens (primary N) is 4. The molecule has 35 heavy (non-hydrogen) atoms. The van der Waals surface area contributed by atoms with E-state index in [4.69, 9.17) is 22.9 Å². The van der Waals surface area contributed by atoms with Crippen LogP contribution in [0.3, 0.4) is 0 Å². The van der Waals surface area contributed by atoms with E-state index in [0.717, 1.165) is 0 Å². The van der Waals surface area contributed by atoms with Crippen LogP contribution in [0.4, 0.5) is 0 Å². The van der Waals surface area contributed by atoms with Crippen LogP contribution in [0, 0.1) is 0 Å². The quantitative estimate of drug-likeness (QED) is 0.0661. The number of guanidine groups is 1. The van der Waals surface area contributed by atoms with Crippen molar-refractivity contribution in [1.29, 1.82) is 0 Å². The number of aliphatic imine (C=N–C) groups is 1. The molecule has 1 aliphatic rings. The van der Waals surface area contributed by atoms with Crippen LogP contribution in [-0.2, 0) is 24.0 Å². The molecule has 0 saturated carbocycles. The standard InChI is InChI=1S/C20H36N8O6S/c1-35-9-6-11(21)16(30)27-13(10-15(22)29)17(31)26-12(4-2-7-25-20(23)24)18(32)28-8-3-5-14(28)19(33)34/h11-14H,2-10,21H2,1H3,(H2,22,29)(H,26,31)(H,27,30)(H,33,34)(H4,23,24,25). The Hall–Kier alpha value is -3.07. The predicted octanol–water partition coefficient (Wildman–Crippen LogP) is -2.96. The number of amides is 4. The van der Waals surface area contributed by atoms with Crippen LogP contribution in [0.15, 0.2) is 4.99 Å². The van der Waals surface area contributed by atoms with Gasteiger partial charge in [0.1, 0.15) is 18.1 Å². The molecule has 0 aromatic carbocycles. The number of hydrogen-bond donors (Lipinski definition) is 7. The lowest BCUT2D eigenvalue weighted by Crippen LogP contribution is -2.57. The summed E-state index contributed by atoms with van der Waals surface area (Å²) in [6.07, 6.45) is 2.89. The zero-order valence-electron chi connectivity index (χ0n) is 19.8. The second-order valence-electron chi connectivity index (χ2n) is 8.16. The maximum atomic E-state index is 13.2. The van der Waals surface area contributed by atoms with Crippen molar-refractivity contribution in [3.63, 3.8) is 0 Å². The van der Waals surface area contributed by atoms with Gasteiger partial charge in [-0.2, -0.15) is 11.8 Å². The van der Waals surface area contributed by atoms with Crippen molar-refractivity contribution in [3.05, 3.63) is 0 Å². The van der Waals surface area contributed by atoms with Gasteiger partial charge in [-0.1, -0.05) is 0 Å². The molecule has 198 valence electrons. The van der Waals surface area contributed by atoms with E-state index in [1.807, 2.05) is 6.26 Å². The summed E-state index contributed by atoms with van der Waals surface area (Å²) in [5, 5.41) is 14.4. The zero-order valence-corrected chi connectivity index (χ0v) is 20.6. The summed E-state index contributed by atoms with van der Waals surface area (Å²) in [6.45, 7) is 0.401. The molecule has 0 aromatic heterocycles. The molecule has 0 aromatic rings. The van der Waals surface area contributed by atoms with Crippen LogP contribution in [-0.4, -0.2) is 94.8 Å². The van der Waals surface area contributed by atoms with Crippen molar-refractivity contribution in [2.75, 3.05) is 25.1 Å². The molecule has 4 amide bonds. The molecule has 1 aliphatic heterocycles. The number of nitrogens with zero attached hydrogens (tertiary/aromatic N) is 2. The van der Waals surface area contributed by atoms with Gasteiger partial charge in [-0.05, 0) is 44.1 Å². The van der Waals surface area contributed by atoms with Crippen molar-refractivity contribution >= 4 is 47.3 Å². The molecule has 0 spiro atoms. The van der Waals surface area contributed by atoms with Gasteiger partial charge in [0.25, 0.3) is 0 Å². The van der Waals surface area contributed by atoms with E-state index in [1.165, 1.54) is 16.7 Å². The molecule has 4 unspecified atom stereocenters. The van der Waals surface area contributed by atoms with Gasteiger partial charge in [0.05, 0.1) is 12.5 Å². The fraction of sp³-hybridized carbons (Fsp3) is 0.700. The highest BCUT2D eigenvalue weighted by molar-refractivity contribution is 7.98. The maximum Gasteiger partial charge on any atom is 0.326 e. The molecule has 1 heterocycles. The van der Waals surface area contributed by atoms with Crippen molar-refractivity contribution in [3.8, 4) is 0 Å². The average Bonchev–Trinajstić information content (AvgIpc) is 3.28. The number of rotatable bonds is 15. The fourth-order valence-corrected chi connectivity index (χ4v) is 4.08. The topological polar surface area (TPSA) is 249 Å². The van der Waals surface area contributed by atoms with Gasteiger partial charge < -0.3 is 43.6 Å². The van der Waals surface area contributed by atoms with Crippen molar-refractivity contribution in [2.45, 2.75) is 62.7 Å². The minimum absolute atomic E-state index is 0.0919. The first-order valence-corrected chi connectivity index (χ1v) is 12.6. The third-order valence-electron chi connectivity index (χ3n) is 5.39. The number of nitrogens with one attached hydrogen (secondary N) is 2. The van der Waals surface area contributed by atoms with E-state index < -0.39 is 60.2 Å². The number of likely N-dealkylation sites (tertiary alicyclic amines) is 1. The number of aliphatic carboxylic acids is 1. The second kappa shape index (κ2) is 15.0. The van der Waals surface area contributed by atoms with E-state index >= 15 is 0 Å². The van der Waals surface area contributed by atoms with E-state index in [1.54, 1.807) is 0 Å². The Morgan fingerprint density at radius 3 is 2.31 bits per heavy atom. The van der Waals surface area contributed by atoms with Crippen LogP contribution < -0.4 is 33.6 Å². The highest BCUT2D eigenvalue weighted by Crippen LogP contribution is 2.19. The lowest BCUT2D eigenvalue weighted by molar-refractivity contribution is -0.149. The molecule has 4 atom stereocenters. The van der Waals surface area contributed by atoms with Crippen LogP contribution in [0.2, 0.25) is 0 Å². The van der Waals surface area contributed by atoms with E-state index in [0.29, 0.717) is 31.4 Å². The summed E-state index contributed by atoms with van der Waals surface area (Å²) >= 11 is 1.50. The number of primary amides is 1. The second-order valence-corrected chi connectivity index (χ2v) is 9.14. The summed E-state index contributed by atoms with van der Waals surface area (Å²) < 4.78 is 0. The minimum atomic E-state index is -1.36. The number of hydrogen-bond acceptors (Lipinski definition) is 8. The van der Waals surface area contributed by atoms with Crippen LogP contribution in [0.5, 0.6) is 0 Å². The number of thioether (sulfide) groups is 1. The summed E-state index contributed by atoms with van der Waals surface area (Å²) in [5.74, 6) is -3.54. The van der Waals surface area contributed by atoms with Gasteiger partial charge >= 0.3 is 5.97 Å². The Bertz CT molecular complexity index is 806. The Kier molecular flexibility index (Phi) is 12.9. The number of carbonyl (C=O) groups excluding carboxylic acids is 4. The third-order valence-corrected chi connectivity index (χ3v) is 6.03. The minimum Gasteiger partial charge on any atom is -0.480 e. The molecule has 0 aliphatic carbocycles. The normalized spacial score (nSPS) is 17.7. The number of carboxylic acids is 1. The number of carboxylic acid groups (broad SMARTS) is 1. The first-order chi connectivity index (χ1) is 16.5.